The molecule has 0 fully saturated rings. The molecule has 1 aromatic rings. The van der Waals surface area contributed by atoms with Crippen LogP contribution >= 0.6 is 0 Å². The zero-order valence-electron chi connectivity index (χ0n) is 7.52. The van der Waals surface area contributed by atoms with E-state index in [0.29, 0.717) is 0 Å². The van der Waals surface area contributed by atoms with E-state index in [4.69, 9.17) is 0 Å². The second kappa shape index (κ2) is 6.50. The molecule has 0 N–H and O–H groups in total. The van der Waals surface area contributed by atoms with Crippen LogP contribution in [0.4, 0.5) is 0 Å². The Morgan fingerprint density at radius 1 is 1.07 bits per heavy atom. The van der Waals surface area contributed by atoms with Gasteiger partial charge in [-0.05, 0) is 12.1 Å². The molecule has 0 bridgehead atoms. The average molecular weight is 216 g/mol. The van der Waals surface area contributed by atoms with E-state index in [1.165, 1.54) is 12.1 Å². The van der Waals surface area contributed by atoms with Crippen LogP contribution in [0.1, 0.15) is 17.3 Å². The maximum atomic E-state index is 11.2. The summed E-state index contributed by atoms with van der Waals surface area (Å²) in [5.74, 6) is -2.75. The van der Waals surface area contributed by atoms with E-state index in [-0.39, 0.29) is 35.1 Å². The van der Waals surface area contributed by atoms with Crippen LogP contribution in [0.5, 0.6) is 0 Å². The third kappa shape index (κ3) is 4.38. The van der Waals surface area contributed by atoms with E-state index >= 15 is 0 Å². The third-order valence-corrected chi connectivity index (χ3v) is 1.48. The van der Waals surface area contributed by atoms with Gasteiger partial charge in [0, 0.05) is 6.92 Å². The zero-order valence-corrected chi connectivity index (χ0v) is 7.52. The van der Waals surface area contributed by atoms with Crippen molar-refractivity contribution in [2.24, 2.45) is 0 Å². The van der Waals surface area contributed by atoms with Crippen molar-refractivity contribution in [3.05, 3.63) is 35.9 Å². The molecule has 4 nitrogen and oxygen atoms in total. The Morgan fingerprint density at radius 3 is 2.07 bits per heavy atom. The monoisotopic (exact) mass is 216 g/mol. The standard InChI is InChI=1S/C10H8O4.Na.H/c1-7(11)9(12)14-10(13)8-5-3-2-4-6-8;;/h2-6H,1H3;;. The average Bonchev–Trinajstić information content (AvgIpc) is 2.19. The minimum absolute atomic E-state index is 0. The Kier molecular flexibility index (Phi) is 6.08. The van der Waals surface area contributed by atoms with Crippen LogP contribution in [-0.2, 0) is 14.3 Å². The first-order valence-electron chi connectivity index (χ1n) is 3.93. The molecule has 0 atom stereocenters. The Morgan fingerprint density at radius 2 is 1.60 bits per heavy atom. The van der Waals surface area contributed by atoms with Gasteiger partial charge < -0.3 is 4.74 Å². The van der Waals surface area contributed by atoms with E-state index in [9.17, 15) is 14.4 Å². The van der Waals surface area contributed by atoms with Gasteiger partial charge in [-0.25, -0.2) is 9.59 Å². The number of rotatable bonds is 2. The molecule has 0 amide bonds. The van der Waals surface area contributed by atoms with Crippen LogP contribution in [0.15, 0.2) is 30.3 Å². The summed E-state index contributed by atoms with van der Waals surface area (Å²) in [6.07, 6.45) is 0. The van der Waals surface area contributed by atoms with Crippen molar-refractivity contribution < 1.29 is 19.1 Å². The molecular weight excluding hydrogens is 207 g/mol. The molecule has 0 aliphatic rings. The van der Waals surface area contributed by atoms with E-state index in [1.54, 1.807) is 18.2 Å². The van der Waals surface area contributed by atoms with Gasteiger partial charge in [0.05, 0.1) is 5.56 Å². The normalized spacial score (nSPS) is 8.60. The summed E-state index contributed by atoms with van der Waals surface area (Å²) < 4.78 is 4.27. The molecule has 74 valence electrons. The summed E-state index contributed by atoms with van der Waals surface area (Å²) >= 11 is 0. The van der Waals surface area contributed by atoms with Gasteiger partial charge in [-0.3, -0.25) is 4.79 Å². The number of hydrogen-bond acceptors (Lipinski definition) is 4. The molecule has 1 rings (SSSR count). The van der Waals surface area contributed by atoms with Crippen LogP contribution in [0.25, 0.3) is 0 Å². The van der Waals surface area contributed by atoms with Gasteiger partial charge in [0.15, 0.2) is 0 Å². The molecule has 0 aliphatic carbocycles. The topological polar surface area (TPSA) is 60.4 Å². The Labute approximate surface area is 109 Å². The summed E-state index contributed by atoms with van der Waals surface area (Å²) in [6.45, 7) is 1.04. The first-order chi connectivity index (χ1) is 6.61. The van der Waals surface area contributed by atoms with Crippen molar-refractivity contribution >= 4 is 47.3 Å². The fourth-order valence-electron chi connectivity index (χ4n) is 0.789. The van der Waals surface area contributed by atoms with E-state index in [0.717, 1.165) is 6.92 Å². The van der Waals surface area contributed by atoms with Crippen LogP contribution < -0.4 is 0 Å². The molecule has 0 unspecified atom stereocenters. The van der Waals surface area contributed by atoms with Crippen molar-refractivity contribution in [3.63, 3.8) is 0 Å². The van der Waals surface area contributed by atoms with Gasteiger partial charge in [-0.15, -0.1) is 0 Å². The first kappa shape index (κ1) is 14.0. The predicted molar refractivity (Wildman–Crippen MR) is 54.7 cm³/mol. The molecule has 1 aromatic carbocycles. The van der Waals surface area contributed by atoms with Gasteiger partial charge in [0.25, 0.3) is 0 Å². The van der Waals surface area contributed by atoms with Crippen LogP contribution in [0.2, 0.25) is 0 Å². The number of Topliss-reactive ketones (excluding diaryl/α,β-unsaturated/α-hetero) is 1. The molecule has 0 radical (unpaired) electrons. The number of ether oxygens (including phenoxy) is 1. The van der Waals surface area contributed by atoms with E-state index in [2.05, 4.69) is 4.74 Å². The molecule has 0 heterocycles. The summed E-state index contributed by atoms with van der Waals surface area (Å²) in [7, 11) is 0. The van der Waals surface area contributed by atoms with Crippen molar-refractivity contribution in [3.8, 4) is 0 Å². The summed E-state index contributed by atoms with van der Waals surface area (Å²) in [4.78, 5) is 32.4. The molecule has 5 heteroatoms. The number of esters is 2. The molecule has 0 saturated carbocycles. The fraction of sp³-hybridized carbons (Fsp3) is 0.100. The number of hydrogen-bond donors (Lipinski definition) is 0. The van der Waals surface area contributed by atoms with Gasteiger partial charge in [0.2, 0.25) is 5.78 Å². The Hall–Kier alpha value is -0.970. The second-order valence-electron chi connectivity index (χ2n) is 2.60. The quantitative estimate of drug-likeness (QED) is 0.309. The third-order valence-electron chi connectivity index (χ3n) is 1.48. The van der Waals surface area contributed by atoms with E-state index in [1.807, 2.05) is 0 Å². The van der Waals surface area contributed by atoms with Crippen molar-refractivity contribution in [2.45, 2.75) is 6.92 Å². The van der Waals surface area contributed by atoms with Crippen LogP contribution in [0, 0.1) is 0 Å². The van der Waals surface area contributed by atoms with Crippen LogP contribution in [0.3, 0.4) is 0 Å². The predicted octanol–water partition coefficient (Wildman–Crippen LogP) is 0.311. The Balaban J connectivity index is 0.00000196. The SMILES string of the molecule is CC(=O)C(=O)OC(=O)c1ccccc1.[NaH]. The van der Waals surface area contributed by atoms with Gasteiger partial charge in [-0.2, -0.15) is 0 Å². The van der Waals surface area contributed by atoms with Crippen molar-refractivity contribution in [1.29, 1.82) is 0 Å². The number of benzene rings is 1. The van der Waals surface area contributed by atoms with E-state index < -0.39 is 17.7 Å². The minimum atomic E-state index is -1.14. The van der Waals surface area contributed by atoms with Crippen molar-refractivity contribution in [2.75, 3.05) is 0 Å². The van der Waals surface area contributed by atoms with Crippen molar-refractivity contribution in [1.82, 2.24) is 0 Å². The fourth-order valence-corrected chi connectivity index (χ4v) is 0.789. The molecule has 15 heavy (non-hydrogen) atoms. The van der Waals surface area contributed by atoms with Gasteiger partial charge in [0.1, 0.15) is 0 Å². The first-order valence-corrected chi connectivity index (χ1v) is 3.93. The molecular formula is C10H9NaO4. The summed E-state index contributed by atoms with van der Waals surface area (Å²) in [6, 6.07) is 7.98. The molecule has 0 saturated heterocycles. The number of carbonyl (C=O) groups is 3. The summed E-state index contributed by atoms with van der Waals surface area (Å²) in [5.41, 5.74) is 0.238. The van der Waals surface area contributed by atoms with Gasteiger partial charge in [-0.1, -0.05) is 18.2 Å². The number of carbonyl (C=O) groups excluding carboxylic acids is 3. The Bertz CT molecular complexity index is 372. The van der Waals surface area contributed by atoms with Crippen LogP contribution in [-0.4, -0.2) is 47.3 Å². The molecule has 0 spiro atoms. The maximum absolute atomic E-state index is 11.2. The zero-order chi connectivity index (χ0) is 10.6. The molecule has 0 aliphatic heterocycles. The summed E-state index contributed by atoms with van der Waals surface area (Å²) in [5, 5.41) is 0. The number of ketones is 1. The van der Waals surface area contributed by atoms with Gasteiger partial charge >= 0.3 is 41.5 Å². The molecule has 0 aromatic heterocycles. The second-order valence-corrected chi connectivity index (χ2v) is 2.60.